The van der Waals surface area contributed by atoms with E-state index in [1.54, 1.807) is 0 Å². The molecule has 21 heavy (non-hydrogen) atoms. The molecule has 5 heteroatoms. The van der Waals surface area contributed by atoms with Crippen molar-refractivity contribution in [3.63, 3.8) is 0 Å². The van der Waals surface area contributed by atoms with Crippen LogP contribution in [-0.2, 0) is 9.47 Å². The van der Waals surface area contributed by atoms with Crippen LogP contribution < -0.4 is 10.6 Å². The lowest BCUT2D eigenvalue weighted by Gasteiger charge is -2.39. The molecule has 1 aromatic heterocycles. The van der Waals surface area contributed by atoms with Crippen LogP contribution in [0.15, 0.2) is 30.6 Å². The van der Waals surface area contributed by atoms with Crippen molar-refractivity contribution in [3.05, 3.63) is 30.6 Å². The molecule has 1 aromatic carbocycles. The first-order chi connectivity index (χ1) is 10.3. The Morgan fingerprint density at radius 3 is 2.57 bits per heavy atom. The van der Waals surface area contributed by atoms with E-state index in [1.807, 2.05) is 24.5 Å². The number of hydrogen-bond acceptors (Lipinski definition) is 5. The molecule has 2 aliphatic heterocycles. The zero-order valence-electron chi connectivity index (χ0n) is 11.9. The fourth-order valence-corrected chi connectivity index (χ4v) is 3.35. The summed E-state index contributed by atoms with van der Waals surface area (Å²) in [5.41, 5.74) is 8.04. The van der Waals surface area contributed by atoms with Crippen LogP contribution in [0.3, 0.4) is 0 Å². The molecule has 0 radical (unpaired) electrons. The number of benzene rings is 1. The van der Waals surface area contributed by atoms with Crippen molar-refractivity contribution < 1.29 is 9.47 Å². The average molecular weight is 285 g/mol. The molecule has 2 saturated heterocycles. The van der Waals surface area contributed by atoms with Crippen LogP contribution in [-0.4, -0.2) is 37.1 Å². The third-order valence-corrected chi connectivity index (χ3v) is 4.51. The predicted octanol–water partition coefficient (Wildman–Crippen LogP) is 2.16. The van der Waals surface area contributed by atoms with Gasteiger partial charge in [-0.25, -0.2) is 0 Å². The Kier molecular flexibility index (Phi) is 2.97. The molecular formula is C16H19N3O2. The van der Waals surface area contributed by atoms with E-state index in [1.165, 1.54) is 5.69 Å². The van der Waals surface area contributed by atoms with Gasteiger partial charge in [0.2, 0.25) is 0 Å². The van der Waals surface area contributed by atoms with E-state index in [9.17, 15) is 0 Å². The monoisotopic (exact) mass is 285 g/mol. The molecule has 0 bridgehead atoms. The van der Waals surface area contributed by atoms with Gasteiger partial charge in [-0.3, -0.25) is 4.98 Å². The average Bonchev–Trinajstić information content (AvgIpc) is 2.98. The molecule has 0 atom stereocenters. The maximum absolute atomic E-state index is 6.05. The number of nitrogens with zero attached hydrogens (tertiary/aromatic N) is 2. The normalized spacial score (nSPS) is 21.2. The summed E-state index contributed by atoms with van der Waals surface area (Å²) in [6.45, 7) is 3.30. The van der Waals surface area contributed by atoms with E-state index in [2.05, 4.69) is 16.0 Å². The molecule has 3 heterocycles. The summed E-state index contributed by atoms with van der Waals surface area (Å²) in [7, 11) is 0. The van der Waals surface area contributed by atoms with Crippen LogP contribution in [0.2, 0.25) is 0 Å². The first-order valence-electron chi connectivity index (χ1n) is 7.43. The van der Waals surface area contributed by atoms with Crippen LogP contribution in [0.5, 0.6) is 0 Å². The second kappa shape index (κ2) is 4.86. The third-order valence-electron chi connectivity index (χ3n) is 4.51. The van der Waals surface area contributed by atoms with Gasteiger partial charge >= 0.3 is 0 Å². The van der Waals surface area contributed by atoms with E-state index in [-0.39, 0.29) is 5.79 Å². The van der Waals surface area contributed by atoms with Crippen LogP contribution in [0.1, 0.15) is 12.8 Å². The minimum Gasteiger partial charge on any atom is -0.398 e. The quantitative estimate of drug-likeness (QED) is 0.814. The number of nitrogens with two attached hydrogens (primary N) is 1. The van der Waals surface area contributed by atoms with Crippen molar-refractivity contribution in [2.45, 2.75) is 18.6 Å². The number of pyridine rings is 1. The molecule has 2 aliphatic rings. The van der Waals surface area contributed by atoms with Crippen LogP contribution in [0.4, 0.5) is 11.4 Å². The van der Waals surface area contributed by atoms with E-state index < -0.39 is 0 Å². The SMILES string of the molecule is Nc1ccc(N2CCC3(CC2)OCCO3)c2ccncc12. The van der Waals surface area contributed by atoms with Gasteiger partial charge in [-0.1, -0.05) is 0 Å². The minimum atomic E-state index is -0.332. The lowest BCUT2D eigenvalue weighted by Crippen LogP contribution is -2.45. The minimum absolute atomic E-state index is 0.332. The maximum atomic E-state index is 6.05. The molecule has 1 spiro atoms. The van der Waals surface area contributed by atoms with Gasteiger partial charge in [0.05, 0.1) is 13.2 Å². The van der Waals surface area contributed by atoms with Gasteiger partial charge in [-0.05, 0) is 18.2 Å². The van der Waals surface area contributed by atoms with Crippen molar-refractivity contribution in [1.29, 1.82) is 0 Å². The largest absolute Gasteiger partial charge is 0.398 e. The van der Waals surface area contributed by atoms with Gasteiger partial charge in [0.15, 0.2) is 5.79 Å². The Morgan fingerprint density at radius 2 is 1.81 bits per heavy atom. The molecule has 0 amide bonds. The lowest BCUT2D eigenvalue weighted by molar-refractivity contribution is -0.169. The Hall–Kier alpha value is -1.85. The molecule has 4 rings (SSSR count). The molecule has 0 unspecified atom stereocenters. The fourth-order valence-electron chi connectivity index (χ4n) is 3.35. The molecule has 5 nitrogen and oxygen atoms in total. The summed E-state index contributed by atoms with van der Waals surface area (Å²) in [4.78, 5) is 6.57. The zero-order valence-corrected chi connectivity index (χ0v) is 11.9. The number of ether oxygens (including phenoxy) is 2. The zero-order chi connectivity index (χ0) is 14.3. The van der Waals surface area contributed by atoms with Gasteiger partial charge in [0.25, 0.3) is 0 Å². The summed E-state index contributed by atoms with van der Waals surface area (Å²) >= 11 is 0. The lowest BCUT2D eigenvalue weighted by atomic mass is 10.0. The van der Waals surface area contributed by atoms with E-state index >= 15 is 0 Å². The summed E-state index contributed by atoms with van der Waals surface area (Å²) in [6, 6.07) is 6.10. The maximum Gasteiger partial charge on any atom is 0.171 e. The molecular weight excluding hydrogens is 266 g/mol. The van der Waals surface area contributed by atoms with E-state index in [4.69, 9.17) is 15.2 Å². The number of fused-ring (bicyclic) bond motifs is 1. The summed E-state index contributed by atoms with van der Waals surface area (Å²) in [5, 5.41) is 2.18. The highest BCUT2D eigenvalue weighted by Gasteiger charge is 2.39. The summed E-state index contributed by atoms with van der Waals surface area (Å²) < 4.78 is 11.6. The highest BCUT2D eigenvalue weighted by atomic mass is 16.7. The van der Waals surface area contributed by atoms with Crippen molar-refractivity contribution in [2.24, 2.45) is 0 Å². The third kappa shape index (κ3) is 2.13. The number of aromatic nitrogens is 1. The van der Waals surface area contributed by atoms with E-state index in [0.717, 1.165) is 55.6 Å². The van der Waals surface area contributed by atoms with Gasteiger partial charge < -0.3 is 20.1 Å². The molecule has 0 saturated carbocycles. The number of anilines is 2. The van der Waals surface area contributed by atoms with E-state index in [0.29, 0.717) is 0 Å². The van der Waals surface area contributed by atoms with Gasteiger partial charge in [0, 0.05) is 60.5 Å². The predicted molar refractivity (Wildman–Crippen MR) is 82.2 cm³/mol. The molecule has 110 valence electrons. The molecule has 2 fully saturated rings. The Balaban J connectivity index is 1.64. The van der Waals surface area contributed by atoms with Crippen LogP contribution in [0, 0.1) is 0 Å². The topological polar surface area (TPSA) is 60.6 Å². The number of rotatable bonds is 1. The molecule has 2 N–H and O–H groups in total. The van der Waals surface area contributed by atoms with Crippen LogP contribution in [0.25, 0.3) is 10.8 Å². The number of nitrogen functional groups attached to an aromatic ring is 1. The van der Waals surface area contributed by atoms with Crippen molar-refractivity contribution in [3.8, 4) is 0 Å². The summed E-state index contributed by atoms with van der Waals surface area (Å²) in [5.74, 6) is -0.332. The Morgan fingerprint density at radius 1 is 1.05 bits per heavy atom. The second-order valence-electron chi connectivity index (χ2n) is 5.69. The van der Waals surface area contributed by atoms with Gasteiger partial charge in [0.1, 0.15) is 0 Å². The van der Waals surface area contributed by atoms with Crippen molar-refractivity contribution in [2.75, 3.05) is 36.9 Å². The van der Waals surface area contributed by atoms with Crippen LogP contribution >= 0.6 is 0 Å². The molecule has 2 aromatic rings. The highest BCUT2D eigenvalue weighted by molar-refractivity contribution is 6.00. The highest BCUT2D eigenvalue weighted by Crippen LogP contribution is 2.36. The first kappa shape index (κ1) is 12.9. The summed E-state index contributed by atoms with van der Waals surface area (Å²) in [6.07, 6.45) is 5.47. The number of hydrogen-bond donors (Lipinski definition) is 1. The Bertz CT molecular complexity index is 658. The standard InChI is InChI=1S/C16H19N3O2/c17-14-1-2-15(12-3-6-18-11-13(12)14)19-7-4-16(5-8-19)20-9-10-21-16/h1-3,6,11H,4-5,7-10,17H2. The first-order valence-corrected chi connectivity index (χ1v) is 7.43. The fraction of sp³-hybridized carbons (Fsp3) is 0.438. The van der Waals surface area contributed by atoms with Gasteiger partial charge in [-0.2, -0.15) is 0 Å². The second-order valence-corrected chi connectivity index (χ2v) is 5.69. The van der Waals surface area contributed by atoms with Crippen molar-refractivity contribution >= 4 is 22.1 Å². The smallest absolute Gasteiger partial charge is 0.171 e. The Labute approximate surface area is 123 Å². The van der Waals surface area contributed by atoms with Gasteiger partial charge in [-0.15, -0.1) is 0 Å². The van der Waals surface area contributed by atoms with Crippen molar-refractivity contribution in [1.82, 2.24) is 4.98 Å². The molecule has 0 aliphatic carbocycles. The number of piperidine rings is 1.